The molecule has 3 aromatic heterocycles. The Morgan fingerprint density at radius 3 is 3.00 bits per heavy atom. The minimum atomic E-state index is 0.0446. The van der Waals surface area contributed by atoms with Crippen molar-refractivity contribution in [2.45, 2.75) is 45.1 Å². The molecule has 0 bridgehead atoms. The third-order valence-corrected chi connectivity index (χ3v) is 5.27. The maximum atomic E-state index is 12.9. The molecule has 0 aromatic carbocycles. The molecule has 0 saturated carbocycles. The van der Waals surface area contributed by atoms with E-state index in [0.29, 0.717) is 18.6 Å². The molecule has 4 heterocycles. The first-order chi connectivity index (χ1) is 12.6. The number of rotatable bonds is 4. The summed E-state index contributed by atoms with van der Waals surface area (Å²) in [5.74, 6) is 0.895. The predicted octanol–water partition coefficient (Wildman–Crippen LogP) is 2.46. The van der Waals surface area contributed by atoms with Crippen LogP contribution in [-0.4, -0.2) is 41.5 Å². The molecule has 1 aliphatic rings. The molecule has 0 radical (unpaired) electrons. The van der Waals surface area contributed by atoms with E-state index in [0.717, 1.165) is 42.9 Å². The van der Waals surface area contributed by atoms with Crippen LogP contribution in [0.2, 0.25) is 0 Å². The lowest BCUT2D eigenvalue weighted by Crippen LogP contribution is -2.39. The molecule has 1 atom stereocenters. The van der Waals surface area contributed by atoms with Gasteiger partial charge < -0.3 is 4.90 Å². The van der Waals surface area contributed by atoms with E-state index < -0.39 is 0 Å². The Morgan fingerprint density at radius 2 is 2.19 bits per heavy atom. The van der Waals surface area contributed by atoms with Crippen LogP contribution in [0, 0.1) is 6.92 Å². The number of amides is 1. The number of piperidine rings is 1. The van der Waals surface area contributed by atoms with Crippen LogP contribution in [0.4, 0.5) is 0 Å². The molecule has 1 fully saturated rings. The van der Waals surface area contributed by atoms with Gasteiger partial charge in [-0.15, -0.1) is 0 Å². The third-order valence-electron chi connectivity index (χ3n) is 5.27. The van der Waals surface area contributed by atoms with Gasteiger partial charge in [0, 0.05) is 50.0 Å². The third kappa shape index (κ3) is 3.09. The molecule has 0 aliphatic carbocycles. The van der Waals surface area contributed by atoms with Crippen molar-refractivity contribution in [1.29, 1.82) is 0 Å². The number of carbonyl (C=O) groups excluding carboxylic acids is 1. The standard InChI is InChI=1S/C19H24N6O/c1-14-13-16(22-19-20-10-12-24(14)19)17-5-3-4-11-25(17)18(26)7-6-15-8-9-21-23(15)2/h8-10,12-13,17H,3-7,11H2,1-2H3. The number of aromatic nitrogens is 5. The predicted molar refractivity (Wildman–Crippen MR) is 97.6 cm³/mol. The molecular formula is C19H24N6O. The van der Waals surface area contributed by atoms with E-state index in [1.165, 1.54) is 0 Å². The van der Waals surface area contributed by atoms with Gasteiger partial charge in [-0.25, -0.2) is 9.97 Å². The molecule has 26 heavy (non-hydrogen) atoms. The highest BCUT2D eigenvalue weighted by molar-refractivity contribution is 5.77. The Kier molecular flexibility index (Phi) is 4.44. The highest BCUT2D eigenvalue weighted by Gasteiger charge is 2.29. The summed E-state index contributed by atoms with van der Waals surface area (Å²) in [5.41, 5.74) is 3.13. The largest absolute Gasteiger partial charge is 0.334 e. The van der Waals surface area contributed by atoms with Crippen LogP contribution < -0.4 is 0 Å². The maximum absolute atomic E-state index is 12.9. The average Bonchev–Trinajstić information content (AvgIpc) is 3.28. The van der Waals surface area contributed by atoms with Crippen LogP contribution in [0.3, 0.4) is 0 Å². The summed E-state index contributed by atoms with van der Waals surface area (Å²) in [6.45, 7) is 2.85. The van der Waals surface area contributed by atoms with Crippen molar-refractivity contribution in [3.05, 3.63) is 47.8 Å². The molecule has 0 N–H and O–H groups in total. The molecule has 0 spiro atoms. The van der Waals surface area contributed by atoms with Crippen LogP contribution in [0.5, 0.6) is 0 Å². The monoisotopic (exact) mass is 352 g/mol. The molecule has 4 rings (SSSR count). The van der Waals surface area contributed by atoms with Crippen molar-refractivity contribution in [3.8, 4) is 0 Å². The number of nitrogens with zero attached hydrogens (tertiary/aromatic N) is 6. The minimum absolute atomic E-state index is 0.0446. The fourth-order valence-electron chi connectivity index (χ4n) is 3.82. The molecule has 136 valence electrons. The van der Waals surface area contributed by atoms with Gasteiger partial charge in [-0.2, -0.15) is 5.10 Å². The van der Waals surface area contributed by atoms with Crippen LogP contribution in [0.15, 0.2) is 30.7 Å². The number of carbonyl (C=O) groups is 1. The lowest BCUT2D eigenvalue weighted by molar-refractivity contribution is -0.135. The highest BCUT2D eigenvalue weighted by Crippen LogP contribution is 2.31. The first-order valence-electron chi connectivity index (χ1n) is 9.20. The van der Waals surface area contributed by atoms with Gasteiger partial charge in [0.15, 0.2) is 0 Å². The van der Waals surface area contributed by atoms with Gasteiger partial charge in [-0.1, -0.05) is 0 Å². The maximum Gasteiger partial charge on any atom is 0.234 e. The summed E-state index contributed by atoms with van der Waals surface area (Å²) in [6.07, 6.45) is 9.80. The molecule has 1 amide bonds. The van der Waals surface area contributed by atoms with Crippen molar-refractivity contribution in [2.75, 3.05) is 6.54 Å². The first kappa shape index (κ1) is 16.8. The summed E-state index contributed by atoms with van der Waals surface area (Å²) in [4.78, 5) is 24.0. The number of imidazole rings is 1. The van der Waals surface area contributed by atoms with E-state index in [1.807, 2.05) is 33.3 Å². The van der Waals surface area contributed by atoms with Gasteiger partial charge in [0.1, 0.15) is 0 Å². The summed E-state index contributed by atoms with van der Waals surface area (Å²) < 4.78 is 3.80. The van der Waals surface area contributed by atoms with E-state index in [4.69, 9.17) is 4.98 Å². The smallest absolute Gasteiger partial charge is 0.234 e. The van der Waals surface area contributed by atoms with Gasteiger partial charge in [-0.3, -0.25) is 13.9 Å². The zero-order valence-corrected chi connectivity index (χ0v) is 15.3. The van der Waals surface area contributed by atoms with Gasteiger partial charge in [-0.05, 0) is 44.7 Å². The summed E-state index contributed by atoms with van der Waals surface area (Å²) in [7, 11) is 1.91. The number of aryl methyl sites for hydroxylation is 3. The van der Waals surface area contributed by atoms with E-state index >= 15 is 0 Å². The summed E-state index contributed by atoms with van der Waals surface area (Å²) >= 11 is 0. The van der Waals surface area contributed by atoms with Crippen molar-refractivity contribution < 1.29 is 4.79 Å². The summed E-state index contributed by atoms with van der Waals surface area (Å²) in [6, 6.07) is 4.10. The molecule has 3 aromatic rings. The van der Waals surface area contributed by atoms with E-state index in [-0.39, 0.29) is 11.9 Å². The number of fused-ring (bicyclic) bond motifs is 1. The molecular weight excluding hydrogens is 328 g/mol. The second-order valence-electron chi connectivity index (χ2n) is 6.96. The average molecular weight is 352 g/mol. The Labute approximate surface area is 152 Å². The van der Waals surface area contributed by atoms with Crippen LogP contribution >= 0.6 is 0 Å². The second-order valence-corrected chi connectivity index (χ2v) is 6.96. The van der Waals surface area contributed by atoms with Crippen molar-refractivity contribution >= 4 is 11.7 Å². The van der Waals surface area contributed by atoms with Crippen molar-refractivity contribution in [2.24, 2.45) is 7.05 Å². The summed E-state index contributed by atoms with van der Waals surface area (Å²) in [5, 5.41) is 4.18. The second kappa shape index (κ2) is 6.90. The van der Waals surface area contributed by atoms with Crippen molar-refractivity contribution in [1.82, 2.24) is 29.0 Å². The van der Waals surface area contributed by atoms with Crippen LogP contribution in [-0.2, 0) is 18.3 Å². The fraction of sp³-hybridized carbons (Fsp3) is 0.474. The molecule has 1 saturated heterocycles. The molecule has 1 aliphatic heterocycles. The van der Waals surface area contributed by atoms with Crippen LogP contribution in [0.1, 0.15) is 48.8 Å². The fourth-order valence-corrected chi connectivity index (χ4v) is 3.82. The Balaban J connectivity index is 1.55. The van der Waals surface area contributed by atoms with Crippen LogP contribution in [0.25, 0.3) is 5.78 Å². The minimum Gasteiger partial charge on any atom is -0.334 e. The van der Waals surface area contributed by atoms with Gasteiger partial charge in [0.25, 0.3) is 0 Å². The SMILES string of the molecule is Cc1cc(C2CCCCN2C(=O)CCc2ccnn2C)nc2nccn12. The van der Waals surface area contributed by atoms with Gasteiger partial charge >= 0.3 is 0 Å². The zero-order valence-electron chi connectivity index (χ0n) is 15.3. The number of likely N-dealkylation sites (tertiary alicyclic amines) is 1. The van der Waals surface area contributed by atoms with Gasteiger partial charge in [0.05, 0.1) is 11.7 Å². The van der Waals surface area contributed by atoms with E-state index in [2.05, 4.69) is 23.1 Å². The van der Waals surface area contributed by atoms with Gasteiger partial charge in [0.2, 0.25) is 11.7 Å². The topological polar surface area (TPSA) is 68.3 Å². The zero-order chi connectivity index (χ0) is 18.1. The number of hydrogen-bond donors (Lipinski definition) is 0. The lowest BCUT2D eigenvalue weighted by atomic mass is 9.98. The molecule has 7 heteroatoms. The highest BCUT2D eigenvalue weighted by atomic mass is 16.2. The Hall–Kier alpha value is -2.70. The molecule has 1 unspecified atom stereocenters. The number of hydrogen-bond acceptors (Lipinski definition) is 4. The Morgan fingerprint density at radius 1 is 1.31 bits per heavy atom. The normalized spacial score (nSPS) is 17.8. The first-order valence-corrected chi connectivity index (χ1v) is 9.20. The van der Waals surface area contributed by atoms with E-state index in [1.54, 1.807) is 12.4 Å². The molecule has 7 nitrogen and oxygen atoms in total. The Bertz CT molecular complexity index is 927. The van der Waals surface area contributed by atoms with Crippen molar-refractivity contribution in [3.63, 3.8) is 0 Å². The van der Waals surface area contributed by atoms with E-state index in [9.17, 15) is 4.79 Å². The quantitative estimate of drug-likeness (QED) is 0.723. The lowest BCUT2D eigenvalue weighted by Gasteiger charge is -2.35.